The Balaban J connectivity index is 1.90. The number of carbonyl (C=O) groups is 1. The van der Waals surface area contributed by atoms with Crippen LogP contribution in [-0.4, -0.2) is 63.9 Å². The van der Waals surface area contributed by atoms with Crippen LogP contribution in [0.4, 0.5) is 5.69 Å². The van der Waals surface area contributed by atoms with Crippen molar-refractivity contribution in [2.24, 2.45) is 0 Å². The third-order valence-corrected chi connectivity index (χ3v) is 7.18. The van der Waals surface area contributed by atoms with Crippen molar-refractivity contribution < 1.29 is 17.9 Å². The number of benzene rings is 2. The number of piperazine rings is 1. The van der Waals surface area contributed by atoms with E-state index < -0.39 is 15.9 Å². The molecule has 0 radical (unpaired) electrons. The number of ether oxygens (including phenoxy) is 1. The summed E-state index contributed by atoms with van der Waals surface area (Å²) >= 11 is 0. The second-order valence-electron chi connectivity index (χ2n) is 7.32. The molecule has 0 aromatic heterocycles. The summed E-state index contributed by atoms with van der Waals surface area (Å²) in [4.78, 5) is 15.1. The highest BCUT2D eigenvalue weighted by Gasteiger charge is 2.29. The van der Waals surface area contributed by atoms with Gasteiger partial charge in [0.1, 0.15) is 5.75 Å². The highest BCUT2D eigenvalue weighted by Crippen LogP contribution is 2.26. The molecular weight excluding hydrogens is 390 g/mol. The first-order chi connectivity index (χ1) is 13.7. The molecule has 3 rings (SSSR count). The van der Waals surface area contributed by atoms with Crippen molar-refractivity contribution in [1.29, 1.82) is 0 Å². The molecule has 1 saturated heterocycles. The van der Waals surface area contributed by atoms with Crippen LogP contribution in [0, 0.1) is 13.8 Å². The number of hydrogen-bond donors (Lipinski definition) is 1. The van der Waals surface area contributed by atoms with Gasteiger partial charge in [-0.05, 0) is 62.4 Å². The maximum atomic E-state index is 13.0. The molecule has 1 aliphatic heterocycles. The van der Waals surface area contributed by atoms with E-state index in [4.69, 9.17) is 4.74 Å². The largest absolute Gasteiger partial charge is 0.496 e. The SMILES string of the molecule is COc1ccc(S(=O)(=O)N2CCN(C)CC2)cc1C(=O)Nc1ccc(C)c(C)c1. The van der Waals surface area contributed by atoms with Crippen LogP contribution in [0.1, 0.15) is 21.5 Å². The van der Waals surface area contributed by atoms with Crippen molar-refractivity contribution in [3.8, 4) is 5.75 Å². The van der Waals surface area contributed by atoms with Crippen LogP contribution in [0.25, 0.3) is 0 Å². The zero-order valence-electron chi connectivity index (χ0n) is 17.2. The van der Waals surface area contributed by atoms with E-state index in [1.165, 1.54) is 29.6 Å². The van der Waals surface area contributed by atoms with Crippen LogP contribution in [0.2, 0.25) is 0 Å². The number of rotatable bonds is 5. The molecule has 0 unspecified atom stereocenters. The van der Waals surface area contributed by atoms with Crippen molar-refractivity contribution in [3.63, 3.8) is 0 Å². The van der Waals surface area contributed by atoms with Crippen LogP contribution < -0.4 is 10.1 Å². The lowest BCUT2D eigenvalue weighted by atomic mass is 10.1. The van der Waals surface area contributed by atoms with Crippen molar-refractivity contribution in [2.75, 3.05) is 45.7 Å². The molecule has 0 atom stereocenters. The number of nitrogens with one attached hydrogen (secondary N) is 1. The molecule has 1 fully saturated rings. The number of sulfonamides is 1. The first-order valence-corrected chi connectivity index (χ1v) is 10.9. The lowest BCUT2D eigenvalue weighted by Gasteiger charge is -2.31. The minimum atomic E-state index is -3.68. The average molecular weight is 418 g/mol. The Morgan fingerprint density at radius 2 is 1.69 bits per heavy atom. The van der Waals surface area contributed by atoms with E-state index in [1.807, 2.05) is 39.1 Å². The maximum Gasteiger partial charge on any atom is 0.259 e. The van der Waals surface area contributed by atoms with Crippen LogP contribution >= 0.6 is 0 Å². The van der Waals surface area contributed by atoms with Gasteiger partial charge in [0.15, 0.2) is 0 Å². The number of methoxy groups -OCH3 is 1. The summed E-state index contributed by atoms with van der Waals surface area (Å²) in [6.07, 6.45) is 0. The van der Waals surface area contributed by atoms with Gasteiger partial charge in [-0.3, -0.25) is 4.79 Å². The Morgan fingerprint density at radius 1 is 1.00 bits per heavy atom. The second kappa shape index (κ2) is 8.52. The summed E-state index contributed by atoms with van der Waals surface area (Å²) in [7, 11) is -0.261. The molecule has 1 heterocycles. The van der Waals surface area contributed by atoms with Gasteiger partial charge in [0.2, 0.25) is 10.0 Å². The number of likely N-dealkylation sites (N-methyl/N-ethyl adjacent to an activating group) is 1. The lowest BCUT2D eigenvalue weighted by molar-refractivity contribution is 0.102. The second-order valence-corrected chi connectivity index (χ2v) is 9.26. The predicted molar refractivity (Wildman–Crippen MR) is 113 cm³/mol. The number of hydrogen-bond acceptors (Lipinski definition) is 5. The summed E-state index contributed by atoms with van der Waals surface area (Å²) in [5.41, 5.74) is 3.01. The first kappa shape index (κ1) is 21.3. The molecular formula is C21H27N3O4S. The topological polar surface area (TPSA) is 79.0 Å². The fourth-order valence-electron chi connectivity index (χ4n) is 3.22. The van der Waals surface area contributed by atoms with E-state index in [0.717, 1.165) is 11.1 Å². The number of carbonyl (C=O) groups excluding carboxylic acids is 1. The van der Waals surface area contributed by atoms with Crippen LogP contribution in [0.5, 0.6) is 5.75 Å². The number of aryl methyl sites for hydroxylation is 2. The van der Waals surface area contributed by atoms with Crippen LogP contribution in [0.3, 0.4) is 0 Å². The number of nitrogens with zero attached hydrogens (tertiary/aromatic N) is 2. The molecule has 1 N–H and O–H groups in total. The van der Waals surface area contributed by atoms with Gasteiger partial charge < -0.3 is 15.0 Å². The molecule has 7 nitrogen and oxygen atoms in total. The predicted octanol–water partition coefficient (Wildman–Crippen LogP) is 2.50. The Morgan fingerprint density at radius 3 is 2.31 bits per heavy atom. The van der Waals surface area contributed by atoms with Crippen molar-refractivity contribution in [1.82, 2.24) is 9.21 Å². The normalized spacial score (nSPS) is 15.9. The van der Waals surface area contributed by atoms with Gasteiger partial charge >= 0.3 is 0 Å². The average Bonchev–Trinajstić information content (AvgIpc) is 2.70. The van der Waals surface area contributed by atoms with Gasteiger partial charge in [0, 0.05) is 31.9 Å². The minimum absolute atomic E-state index is 0.0908. The van der Waals surface area contributed by atoms with E-state index in [2.05, 4.69) is 10.2 Å². The fourth-order valence-corrected chi connectivity index (χ4v) is 4.67. The Kier molecular flexibility index (Phi) is 6.26. The van der Waals surface area contributed by atoms with E-state index in [0.29, 0.717) is 37.6 Å². The summed E-state index contributed by atoms with van der Waals surface area (Å²) < 4.78 is 32.8. The Labute approximate surface area is 172 Å². The van der Waals surface area contributed by atoms with Crippen molar-refractivity contribution in [3.05, 3.63) is 53.1 Å². The molecule has 1 amide bonds. The molecule has 0 spiro atoms. The zero-order valence-corrected chi connectivity index (χ0v) is 18.0. The molecule has 156 valence electrons. The highest BCUT2D eigenvalue weighted by molar-refractivity contribution is 7.89. The highest BCUT2D eigenvalue weighted by atomic mass is 32.2. The van der Waals surface area contributed by atoms with Gasteiger partial charge in [0.05, 0.1) is 17.6 Å². The van der Waals surface area contributed by atoms with E-state index in [-0.39, 0.29) is 10.5 Å². The number of amides is 1. The maximum absolute atomic E-state index is 13.0. The molecule has 2 aromatic carbocycles. The Hall–Kier alpha value is -2.42. The van der Waals surface area contributed by atoms with Gasteiger partial charge in [-0.25, -0.2) is 8.42 Å². The van der Waals surface area contributed by atoms with Gasteiger partial charge in [-0.2, -0.15) is 4.31 Å². The van der Waals surface area contributed by atoms with Crippen molar-refractivity contribution >= 4 is 21.6 Å². The van der Waals surface area contributed by atoms with Gasteiger partial charge in [-0.15, -0.1) is 0 Å². The smallest absolute Gasteiger partial charge is 0.259 e. The lowest BCUT2D eigenvalue weighted by Crippen LogP contribution is -2.47. The standard InChI is InChI=1S/C21H27N3O4S/c1-15-5-6-17(13-16(15)2)22-21(25)19-14-18(7-8-20(19)28-4)29(26,27)24-11-9-23(3)10-12-24/h5-8,13-14H,9-12H2,1-4H3,(H,22,25). The quantitative estimate of drug-likeness (QED) is 0.809. The molecule has 0 bridgehead atoms. The summed E-state index contributed by atoms with van der Waals surface area (Å²) in [6, 6.07) is 10.0. The Bertz CT molecular complexity index is 1010. The molecule has 1 aliphatic rings. The third-order valence-electron chi connectivity index (χ3n) is 5.28. The van der Waals surface area contributed by atoms with E-state index in [9.17, 15) is 13.2 Å². The van der Waals surface area contributed by atoms with Crippen molar-refractivity contribution in [2.45, 2.75) is 18.7 Å². The van der Waals surface area contributed by atoms with E-state index >= 15 is 0 Å². The minimum Gasteiger partial charge on any atom is -0.496 e. The molecule has 0 saturated carbocycles. The monoisotopic (exact) mass is 417 g/mol. The summed E-state index contributed by atoms with van der Waals surface area (Å²) in [6.45, 7) is 6.17. The number of anilines is 1. The summed E-state index contributed by atoms with van der Waals surface area (Å²) in [5.74, 6) is -0.0933. The summed E-state index contributed by atoms with van der Waals surface area (Å²) in [5, 5.41) is 2.83. The molecule has 0 aliphatic carbocycles. The third kappa shape index (κ3) is 4.60. The molecule has 8 heteroatoms. The van der Waals surface area contributed by atoms with Gasteiger partial charge in [-0.1, -0.05) is 6.07 Å². The fraction of sp³-hybridized carbons (Fsp3) is 0.381. The van der Waals surface area contributed by atoms with Crippen LogP contribution in [0.15, 0.2) is 41.3 Å². The zero-order chi connectivity index (χ0) is 21.2. The first-order valence-electron chi connectivity index (χ1n) is 9.47. The van der Waals surface area contributed by atoms with Crippen LogP contribution in [-0.2, 0) is 10.0 Å². The van der Waals surface area contributed by atoms with Gasteiger partial charge in [0.25, 0.3) is 5.91 Å². The van der Waals surface area contributed by atoms with E-state index in [1.54, 1.807) is 0 Å². The molecule has 2 aromatic rings. The molecule has 29 heavy (non-hydrogen) atoms.